The molecule has 0 spiro atoms. The molecule has 2 atom stereocenters. The van der Waals surface area contributed by atoms with E-state index in [0.717, 1.165) is 5.56 Å². The zero-order chi connectivity index (χ0) is 15.6. The Balaban J connectivity index is 1.92. The molecule has 0 aromatic heterocycles. The van der Waals surface area contributed by atoms with Crippen molar-refractivity contribution in [2.45, 2.75) is 32.4 Å². The van der Waals surface area contributed by atoms with Gasteiger partial charge in [0.15, 0.2) is 15.9 Å². The summed E-state index contributed by atoms with van der Waals surface area (Å²) in [4.78, 5) is 12.0. The molecule has 1 aliphatic heterocycles. The predicted molar refractivity (Wildman–Crippen MR) is 81.5 cm³/mol. The predicted octanol–water partition coefficient (Wildman–Crippen LogP) is 1.72. The highest BCUT2D eigenvalue weighted by atomic mass is 35.5. The number of hydrogen-bond acceptors (Lipinski definition) is 4. The molecule has 21 heavy (non-hydrogen) atoms. The number of carbonyl (C=O) groups excluding carboxylic acids is 1. The maximum atomic E-state index is 12.0. The van der Waals surface area contributed by atoms with Crippen LogP contribution in [0.15, 0.2) is 18.2 Å². The van der Waals surface area contributed by atoms with E-state index in [1.807, 2.05) is 6.92 Å². The Morgan fingerprint density at radius 1 is 1.48 bits per heavy atom. The lowest BCUT2D eigenvalue weighted by molar-refractivity contribution is -0.127. The second kappa shape index (κ2) is 6.23. The fraction of sp³-hybridized carbons (Fsp3) is 0.500. The number of sulfone groups is 1. The smallest absolute Gasteiger partial charge is 0.261 e. The fourth-order valence-electron chi connectivity index (χ4n) is 2.18. The van der Waals surface area contributed by atoms with Crippen molar-refractivity contribution < 1.29 is 17.9 Å². The van der Waals surface area contributed by atoms with Crippen LogP contribution in [0.4, 0.5) is 0 Å². The molecule has 1 saturated heterocycles. The van der Waals surface area contributed by atoms with Crippen LogP contribution in [0.5, 0.6) is 5.75 Å². The molecule has 1 fully saturated rings. The lowest BCUT2D eigenvalue weighted by atomic mass is 10.2. The molecular weight excluding hydrogens is 314 g/mol. The van der Waals surface area contributed by atoms with Crippen molar-refractivity contribution in [2.75, 3.05) is 11.5 Å². The largest absolute Gasteiger partial charge is 0.481 e. The molecule has 0 aliphatic carbocycles. The van der Waals surface area contributed by atoms with Gasteiger partial charge in [0.05, 0.1) is 11.5 Å². The first kappa shape index (κ1) is 16.1. The zero-order valence-corrected chi connectivity index (χ0v) is 13.5. The molecule has 2 rings (SSSR count). The molecule has 1 amide bonds. The minimum absolute atomic E-state index is 0.00547. The maximum Gasteiger partial charge on any atom is 0.261 e. The lowest BCUT2D eigenvalue weighted by Crippen LogP contribution is -2.43. The van der Waals surface area contributed by atoms with Gasteiger partial charge in [-0.2, -0.15) is 0 Å². The molecule has 116 valence electrons. The van der Waals surface area contributed by atoms with Gasteiger partial charge in [-0.15, -0.1) is 0 Å². The second-order valence-electron chi connectivity index (χ2n) is 5.28. The van der Waals surface area contributed by atoms with E-state index in [2.05, 4.69) is 5.32 Å². The van der Waals surface area contributed by atoms with E-state index < -0.39 is 15.9 Å². The Kier molecular flexibility index (Phi) is 4.78. The van der Waals surface area contributed by atoms with Crippen LogP contribution in [-0.2, 0) is 14.6 Å². The van der Waals surface area contributed by atoms with E-state index in [-0.39, 0.29) is 23.5 Å². The third-order valence-corrected chi connectivity index (χ3v) is 5.58. The van der Waals surface area contributed by atoms with Crippen molar-refractivity contribution in [3.8, 4) is 5.75 Å². The standard InChI is InChI=1S/C14H18ClNO4S/c1-9-7-12(3-4-13(9)15)20-10(2)14(17)16-11-5-6-21(18,19)8-11/h3-4,7,10-11H,5-6,8H2,1-2H3,(H,16,17)/t10-,11+/m1/s1. The van der Waals surface area contributed by atoms with Gasteiger partial charge in [-0.05, 0) is 44.0 Å². The van der Waals surface area contributed by atoms with Gasteiger partial charge in [-0.3, -0.25) is 4.79 Å². The first-order valence-electron chi connectivity index (χ1n) is 6.70. The number of nitrogens with one attached hydrogen (secondary N) is 1. The van der Waals surface area contributed by atoms with Gasteiger partial charge >= 0.3 is 0 Å². The molecule has 0 saturated carbocycles. The summed E-state index contributed by atoms with van der Waals surface area (Å²) >= 11 is 5.93. The van der Waals surface area contributed by atoms with Crippen molar-refractivity contribution in [1.29, 1.82) is 0 Å². The number of rotatable bonds is 4. The normalized spacial score (nSPS) is 21.8. The summed E-state index contributed by atoms with van der Waals surface area (Å²) in [6.45, 7) is 3.48. The van der Waals surface area contributed by atoms with Crippen molar-refractivity contribution >= 4 is 27.3 Å². The van der Waals surface area contributed by atoms with E-state index in [4.69, 9.17) is 16.3 Å². The Labute approximate surface area is 129 Å². The first-order chi connectivity index (χ1) is 9.77. The number of ether oxygens (including phenoxy) is 1. The number of aryl methyl sites for hydroxylation is 1. The number of halogens is 1. The number of hydrogen-bond donors (Lipinski definition) is 1. The molecule has 1 aromatic carbocycles. The number of benzene rings is 1. The van der Waals surface area contributed by atoms with Crippen LogP contribution in [0.3, 0.4) is 0 Å². The van der Waals surface area contributed by atoms with Gasteiger partial charge in [0.2, 0.25) is 0 Å². The summed E-state index contributed by atoms with van der Waals surface area (Å²) in [5, 5.41) is 3.35. The number of carbonyl (C=O) groups is 1. The molecule has 1 N–H and O–H groups in total. The monoisotopic (exact) mass is 331 g/mol. The minimum Gasteiger partial charge on any atom is -0.481 e. The van der Waals surface area contributed by atoms with E-state index in [1.165, 1.54) is 0 Å². The van der Waals surface area contributed by atoms with E-state index in [9.17, 15) is 13.2 Å². The maximum absolute atomic E-state index is 12.0. The Hall–Kier alpha value is -1.27. The quantitative estimate of drug-likeness (QED) is 0.911. The summed E-state index contributed by atoms with van der Waals surface area (Å²) in [7, 11) is -3.01. The average Bonchev–Trinajstić information content (AvgIpc) is 2.73. The highest BCUT2D eigenvalue weighted by Crippen LogP contribution is 2.22. The van der Waals surface area contributed by atoms with Gasteiger partial charge < -0.3 is 10.1 Å². The minimum atomic E-state index is -3.01. The summed E-state index contributed by atoms with van der Waals surface area (Å²) in [5.74, 6) is 0.373. The van der Waals surface area contributed by atoms with Gasteiger partial charge in [-0.1, -0.05) is 11.6 Å². The molecule has 1 aromatic rings. The van der Waals surface area contributed by atoms with Crippen LogP contribution >= 0.6 is 11.6 Å². The van der Waals surface area contributed by atoms with Gasteiger partial charge in [-0.25, -0.2) is 8.42 Å². The van der Waals surface area contributed by atoms with Crippen molar-refractivity contribution in [3.63, 3.8) is 0 Å². The van der Waals surface area contributed by atoms with Gasteiger partial charge in [0, 0.05) is 11.1 Å². The van der Waals surface area contributed by atoms with Gasteiger partial charge in [0.1, 0.15) is 5.75 Å². The second-order valence-corrected chi connectivity index (χ2v) is 7.92. The summed E-state index contributed by atoms with van der Waals surface area (Å²) < 4.78 is 28.3. The van der Waals surface area contributed by atoms with E-state index >= 15 is 0 Å². The van der Waals surface area contributed by atoms with Crippen molar-refractivity contribution in [3.05, 3.63) is 28.8 Å². The number of amides is 1. The summed E-state index contributed by atoms with van der Waals surface area (Å²) in [6.07, 6.45) is -0.241. The van der Waals surface area contributed by atoms with E-state index in [0.29, 0.717) is 17.2 Å². The van der Waals surface area contributed by atoms with Crippen LogP contribution in [0.1, 0.15) is 18.9 Å². The SMILES string of the molecule is Cc1cc(O[C@H](C)C(=O)N[C@H]2CCS(=O)(=O)C2)ccc1Cl. The molecule has 0 radical (unpaired) electrons. The van der Waals surface area contributed by atoms with Crippen molar-refractivity contribution in [2.24, 2.45) is 0 Å². The summed E-state index contributed by atoms with van der Waals surface area (Å²) in [5.41, 5.74) is 0.865. The zero-order valence-electron chi connectivity index (χ0n) is 11.9. The van der Waals surface area contributed by atoms with Crippen LogP contribution < -0.4 is 10.1 Å². The Morgan fingerprint density at radius 2 is 2.19 bits per heavy atom. The van der Waals surface area contributed by atoms with Crippen molar-refractivity contribution in [1.82, 2.24) is 5.32 Å². The molecule has 0 unspecified atom stereocenters. The topological polar surface area (TPSA) is 72.5 Å². The fourth-order valence-corrected chi connectivity index (χ4v) is 3.97. The van der Waals surface area contributed by atoms with Crippen LogP contribution in [0, 0.1) is 6.92 Å². The molecule has 1 aliphatic rings. The third-order valence-electron chi connectivity index (χ3n) is 3.39. The molecular formula is C14H18ClNO4S. The molecule has 7 heteroatoms. The van der Waals surface area contributed by atoms with E-state index in [1.54, 1.807) is 25.1 Å². The Bertz CT molecular complexity index is 644. The van der Waals surface area contributed by atoms with Crippen LogP contribution in [-0.4, -0.2) is 38.0 Å². The average molecular weight is 332 g/mol. The Morgan fingerprint density at radius 3 is 2.76 bits per heavy atom. The summed E-state index contributed by atoms with van der Waals surface area (Å²) in [6, 6.07) is 4.84. The van der Waals surface area contributed by atoms with Crippen LogP contribution in [0.25, 0.3) is 0 Å². The molecule has 1 heterocycles. The molecule has 0 bridgehead atoms. The highest BCUT2D eigenvalue weighted by molar-refractivity contribution is 7.91. The van der Waals surface area contributed by atoms with Crippen LogP contribution in [0.2, 0.25) is 5.02 Å². The van der Waals surface area contributed by atoms with Gasteiger partial charge in [0.25, 0.3) is 5.91 Å². The first-order valence-corrected chi connectivity index (χ1v) is 8.90. The third kappa shape index (κ3) is 4.35. The lowest BCUT2D eigenvalue weighted by Gasteiger charge is -2.17. The highest BCUT2D eigenvalue weighted by Gasteiger charge is 2.30. The molecule has 5 nitrogen and oxygen atoms in total.